The van der Waals surface area contributed by atoms with Gasteiger partial charge in [0.1, 0.15) is 11.9 Å². The Morgan fingerprint density at radius 3 is 2.29 bits per heavy atom. The van der Waals surface area contributed by atoms with Gasteiger partial charge in [-0.05, 0) is 40.8 Å². The Morgan fingerprint density at radius 1 is 0.941 bits per heavy atom. The van der Waals surface area contributed by atoms with Crippen LogP contribution in [0.5, 0.6) is 0 Å². The normalized spacial score (nSPS) is 11.8. The maximum absolute atomic E-state index is 14.3. The third-order valence-electron chi connectivity index (χ3n) is 5.50. The highest BCUT2D eigenvalue weighted by molar-refractivity contribution is 6.30. The van der Waals surface area contributed by atoms with Crippen molar-refractivity contribution in [3.63, 3.8) is 0 Å². The number of benzene rings is 3. The highest BCUT2D eigenvalue weighted by atomic mass is 35.5. The number of carbonyl (C=O) groups excluding carboxylic acids is 2. The second kappa shape index (κ2) is 12.3. The van der Waals surface area contributed by atoms with Crippen LogP contribution in [0.1, 0.15) is 30.5 Å². The minimum Gasteiger partial charge on any atom is -0.354 e. The molecule has 0 fully saturated rings. The maximum atomic E-state index is 14.3. The fraction of sp³-hybridized carbons (Fsp3) is 0.286. The first-order chi connectivity index (χ1) is 16.3. The van der Waals surface area contributed by atoms with Gasteiger partial charge >= 0.3 is 0 Å². The van der Waals surface area contributed by atoms with Gasteiger partial charge in [-0.3, -0.25) is 9.59 Å². The van der Waals surface area contributed by atoms with E-state index in [4.69, 9.17) is 11.6 Å². The van der Waals surface area contributed by atoms with E-state index in [1.54, 1.807) is 35.2 Å². The minimum atomic E-state index is -0.764. The number of halogens is 2. The number of hydrogen-bond donors (Lipinski definition) is 1. The number of amides is 2. The third kappa shape index (κ3) is 7.42. The minimum absolute atomic E-state index is 0.143. The van der Waals surface area contributed by atoms with Gasteiger partial charge in [0.05, 0.1) is 6.42 Å². The van der Waals surface area contributed by atoms with Gasteiger partial charge in [0, 0.05) is 24.5 Å². The summed E-state index contributed by atoms with van der Waals surface area (Å²) in [5, 5.41) is 3.52. The predicted octanol–water partition coefficient (Wildman–Crippen LogP) is 5.43. The SMILES string of the molecule is CC(C)CNC(=O)[C@@H](Cc1ccccc1)N(Cc1cccc(Cl)c1)C(=O)Cc1ccccc1F. The molecule has 0 saturated heterocycles. The summed E-state index contributed by atoms with van der Waals surface area (Å²) in [6.45, 7) is 4.70. The lowest BCUT2D eigenvalue weighted by Gasteiger charge is -2.32. The van der Waals surface area contributed by atoms with Gasteiger partial charge in [-0.1, -0.05) is 86.1 Å². The van der Waals surface area contributed by atoms with E-state index in [9.17, 15) is 14.0 Å². The quantitative estimate of drug-likeness (QED) is 0.420. The monoisotopic (exact) mass is 480 g/mol. The van der Waals surface area contributed by atoms with Crippen molar-refractivity contribution in [3.8, 4) is 0 Å². The number of carbonyl (C=O) groups is 2. The molecule has 6 heteroatoms. The molecule has 0 aliphatic rings. The van der Waals surface area contributed by atoms with Crippen LogP contribution in [0, 0.1) is 11.7 Å². The van der Waals surface area contributed by atoms with E-state index in [1.165, 1.54) is 6.07 Å². The third-order valence-corrected chi connectivity index (χ3v) is 5.73. The Morgan fingerprint density at radius 2 is 1.62 bits per heavy atom. The molecular weight excluding hydrogens is 451 g/mol. The summed E-state index contributed by atoms with van der Waals surface area (Å²) in [5.74, 6) is -0.744. The number of hydrogen-bond acceptors (Lipinski definition) is 2. The first-order valence-corrected chi connectivity index (χ1v) is 11.8. The van der Waals surface area contributed by atoms with E-state index in [2.05, 4.69) is 5.32 Å². The molecule has 1 atom stereocenters. The lowest BCUT2D eigenvalue weighted by Crippen LogP contribution is -2.51. The maximum Gasteiger partial charge on any atom is 0.243 e. The van der Waals surface area contributed by atoms with E-state index in [-0.39, 0.29) is 30.7 Å². The summed E-state index contributed by atoms with van der Waals surface area (Å²) in [6.07, 6.45) is 0.199. The van der Waals surface area contributed by atoms with E-state index in [1.807, 2.05) is 56.3 Å². The molecule has 0 aliphatic heterocycles. The van der Waals surface area contributed by atoms with Crippen molar-refractivity contribution in [2.75, 3.05) is 6.54 Å². The van der Waals surface area contributed by atoms with Crippen LogP contribution in [0.4, 0.5) is 4.39 Å². The largest absolute Gasteiger partial charge is 0.354 e. The lowest BCUT2D eigenvalue weighted by atomic mass is 10.0. The van der Waals surface area contributed by atoms with Crippen LogP contribution in [-0.4, -0.2) is 29.3 Å². The van der Waals surface area contributed by atoms with Gasteiger partial charge in [-0.25, -0.2) is 4.39 Å². The van der Waals surface area contributed by atoms with Crippen LogP contribution in [0.15, 0.2) is 78.9 Å². The summed E-state index contributed by atoms with van der Waals surface area (Å²) in [6, 6.07) is 22.2. The van der Waals surface area contributed by atoms with Crippen LogP contribution < -0.4 is 5.32 Å². The molecule has 0 unspecified atom stereocenters. The van der Waals surface area contributed by atoms with E-state index >= 15 is 0 Å². The Kier molecular flexibility index (Phi) is 9.23. The molecule has 34 heavy (non-hydrogen) atoms. The van der Waals surface area contributed by atoms with Gasteiger partial charge in [0.2, 0.25) is 11.8 Å². The Labute approximate surface area is 205 Å². The van der Waals surface area contributed by atoms with Crippen molar-refractivity contribution in [2.45, 2.75) is 39.3 Å². The average Bonchev–Trinajstić information content (AvgIpc) is 2.82. The number of nitrogens with one attached hydrogen (secondary N) is 1. The van der Waals surface area contributed by atoms with Crippen LogP contribution in [-0.2, 0) is 29.0 Å². The van der Waals surface area contributed by atoms with E-state index < -0.39 is 11.9 Å². The average molecular weight is 481 g/mol. The van der Waals surface area contributed by atoms with Crippen molar-refractivity contribution in [1.29, 1.82) is 0 Å². The standard InChI is InChI=1S/C28H30ClFN2O2/c1-20(2)18-31-28(34)26(16-21-9-4-3-5-10-21)32(19-22-11-8-13-24(29)15-22)27(33)17-23-12-6-7-14-25(23)30/h3-15,20,26H,16-19H2,1-2H3,(H,31,34)/t26-/m1/s1. The van der Waals surface area contributed by atoms with Crippen LogP contribution >= 0.6 is 11.6 Å². The Balaban J connectivity index is 1.97. The summed E-state index contributed by atoms with van der Waals surface area (Å²) in [4.78, 5) is 28.5. The molecule has 0 aromatic heterocycles. The molecule has 0 heterocycles. The molecule has 4 nitrogen and oxygen atoms in total. The summed E-state index contributed by atoms with van der Waals surface area (Å²) in [5.41, 5.74) is 2.02. The van der Waals surface area contributed by atoms with Crippen molar-refractivity contribution >= 4 is 23.4 Å². The van der Waals surface area contributed by atoms with Crippen molar-refractivity contribution in [1.82, 2.24) is 10.2 Å². The second-order valence-corrected chi connectivity index (χ2v) is 9.20. The molecule has 0 bridgehead atoms. The Bertz CT molecular complexity index is 1100. The zero-order valence-electron chi connectivity index (χ0n) is 19.5. The van der Waals surface area contributed by atoms with Crippen molar-refractivity contribution in [3.05, 3.63) is 106 Å². The second-order valence-electron chi connectivity index (χ2n) is 8.76. The Hall–Kier alpha value is -3.18. The summed E-state index contributed by atoms with van der Waals surface area (Å²) in [7, 11) is 0. The molecule has 0 aliphatic carbocycles. The van der Waals surface area contributed by atoms with Crippen LogP contribution in [0.25, 0.3) is 0 Å². The molecule has 3 aromatic carbocycles. The fourth-order valence-corrected chi connectivity index (χ4v) is 3.93. The van der Waals surface area contributed by atoms with E-state index in [0.29, 0.717) is 23.6 Å². The number of rotatable bonds is 10. The van der Waals surface area contributed by atoms with Crippen LogP contribution in [0.3, 0.4) is 0 Å². The van der Waals surface area contributed by atoms with Crippen molar-refractivity contribution < 1.29 is 14.0 Å². The molecule has 0 spiro atoms. The summed E-state index contributed by atoms with van der Waals surface area (Å²) >= 11 is 6.18. The first-order valence-electron chi connectivity index (χ1n) is 11.4. The predicted molar refractivity (Wildman–Crippen MR) is 134 cm³/mol. The zero-order chi connectivity index (χ0) is 24.5. The first kappa shape index (κ1) is 25.4. The molecular formula is C28H30ClFN2O2. The topological polar surface area (TPSA) is 49.4 Å². The summed E-state index contributed by atoms with van der Waals surface area (Å²) < 4.78 is 14.3. The van der Waals surface area contributed by atoms with Gasteiger partial charge < -0.3 is 10.2 Å². The molecule has 178 valence electrons. The van der Waals surface area contributed by atoms with E-state index in [0.717, 1.165) is 11.1 Å². The lowest BCUT2D eigenvalue weighted by molar-refractivity contribution is -0.140. The molecule has 2 amide bonds. The number of nitrogens with zero attached hydrogens (tertiary/aromatic N) is 1. The van der Waals surface area contributed by atoms with Gasteiger partial charge in [-0.15, -0.1) is 0 Å². The smallest absolute Gasteiger partial charge is 0.243 e. The molecule has 0 radical (unpaired) electrons. The molecule has 1 N–H and O–H groups in total. The fourth-order valence-electron chi connectivity index (χ4n) is 3.71. The molecule has 0 saturated carbocycles. The highest BCUT2D eigenvalue weighted by Gasteiger charge is 2.30. The molecule has 3 aromatic rings. The van der Waals surface area contributed by atoms with Crippen LogP contribution in [0.2, 0.25) is 5.02 Å². The highest BCUT2D eigenvalue weighted by Crippen LogP contribution is 2.19. The molecule has 3 rings (SSSR count). The zero-order valence-corrected chi connectivity index (χ0v) is 20.3. The van der Waals surface area contributed by atoms with Gasteiger partial charge in [0.15, 0.2) is 0 Å². The van der Waals surface area contributed by atoms with Gasteiger partial charge in [0.25, 0.3) is 0 Å². The van der Waals surface area contributed by atoms with Crippen molar-refractivity contribution in [2.24, 2.45) is 5.92 Å². The van der Waals surface area contributed by atoms with Gasteiger partial charge in [-0.2, -0.15) is 0 Å².